The van der Waals surface area contributed by atoms with Crippen LogP contribution in [0.15, 0.2) is 54.2 Å². The molecule has 90 valence electrons. The van der Waals surface area contributed by atoms with Crippen molar-refractivity contribution in [2.75, 3.05) is 0 Å². The van der Waals surface area contributed by atoms with E-state index in [0.717, 1.165) is 17.1 Å². The molecule has 2 heterocycles. The summed E-state index contributed by atoms with van der Waals surface area (Å²) in [6.07, 6.45) is 3.52. The number of nitrogens with zero attached hydrogens (tertiary/aromatic N) is 1. The molecule has 0 aliphatic rings. The van der Waals surface area contributed by atoms with E-state index in [0.29, 0.717) is 6.61 Å². The van der Waals surface area contributed by atoms with Gasteiger partial charge in [-0.05, 0) is 23.6 Å². The number of nitrogens with one attached hydrogen (secondary N) is 1. The van der Waals surface area contributed by atoms with Crippen LogP contribution in [0.3, 0.4) is 0 Å². The van der Waals surface area contributed by atoms with E-state index in [1.54, 1.807) is 23.7 Å². The number of benzene rings is 1. The SMILES string of the molecule is c1csc(-c2ccccc2OCc2ncc[nH]2)c1. The van der Waals surface area contributed by atoms with Crippen molar-refractivity contribution in [1.82, 2.24) is 9.97 Å². The van der Waals surface area contributed by atoms with E-state index < -0.39 is 0 Å². The second-order valence-electron chi connectivity index (χ2n) is 3.80. The van der Waals surface area contributed by atoms with Gasteiger partial charge in [-0.1, -0.05) is 18.2 Å². The molecular weight excluding hydrogens is 244 g/mol. The van der Waals surface area contributed by atoms with Crippen LogP contribution in [-0.2, 0) is 6.61 Å². The van der Waals surface area contributed by atoms with Gasteiger partial charge in [-0.15, -0.1) is 11.3 Å². The van der Waals surface area contributed by atoms with Crippen molar-refractivity contribution < 1.29 is 4.74 Å². The first-order chi connectivity index (χ1) is 8.93. The van der Waals surface area contributed by atoms with Crippen LogP contribution in [0.2, 0.25) is 0 Å². The number of aromatic nitrogens is 2. The maximum Gasteiger partial charge on any atom is 0.146 e. The summed E-state index contributed by atoms with van der Waals surface area (Å²) in [5.41, 5.74) is 1.12. The average molecular weight is 256 g/mol. The molecule has 0 unspecified atom stereocenters. The maximum absolute atomic E-state index is 5.82. The lowest BCUT2D eigenvalue weighted by Gasteiger charge is -2.09. The number of rotatable bonds is 4. The Morgan fingerprint density at radius 3 is 2.89 bits per heavy atom. The van der Waals surface area contributed by atoms with Gasteiger partial charge in [0.05, 0.1) is 0 Å². The summed E-state index contributed by atoms with van der Waals surface area (Å²) in [7, 11) is 0. The standard InChI is InChI=1S/C14H12N2OS/c1-2-5-12(17-10-14-15-7-8-16-14)11(4-1)13-6-3-9-18-13/h1-9H,10H2,(H,15,16). The predicted molar refractivity (Wildman–Crippen MR) is 72.7 cm³/mol. The van der Waals surface area contributed by atoms with Crippen LogP contribution in [0.1, 0.15) is 5.82 Å². The van der Waals surface area contributed by atoms with Gasteiger partial charge in [-0.25, -0.2) is 4.98 Å². The summed E-state index contributed by atoms with van der Waals surface area (Å²) < 4.78 is 5.82. The molecule has 3 aromatic rings. The van der Waals surface area contributed by atoms with E-state index in [9.17, 15) is 0 Å². The van der Waals surface area contributed by atoms with E-state index in [1.807, 2.05) is 24.3 Å². The lowest BCUT2D eigenvalue weighted by atomic mass is 10.1. The minimum absolute atomic E-state index is 0.454. The first-order valence-corrected chi connectivity index (χ1v) is 6.55. The Morgan fingerprint density at radius 1 is 1.17 bits per heavy atom. The van der Waals surface area contributed by atoms with Gasteiger partial charge in [0.15, 0.2) is 0 Å². The van der Waals surface area contributed by atoms with Gasteiger partial charge < -0.3 is 9.72 Å². The Balaban J connectivity index is 1.84. The third-order valence-corrected chi connectivity index (χ3v) is 3.50. The number of ether oxygens (including phenoxy) is 1. The predicted octanol–water partition coefficient (Wildman–Crippen LogP) is 3.72. The van der Waals surface area contributed by atoms with Gasteiger partial charge in [-0.3, -0.25) is 0 Å². The molecule has 0 saturated carbocycles. The summed E-state index contributed by atoms with van der Waals surface area (Å²) in [4.78, 5) is 8.39. The monoisotopic (exact) mass is 256 g/mol. The zero-order valence-electron chi connectivity index (χ0n) is 9.67. The lowest BCUT2D eigenvalue weighted by molar-refractivity contribution is 0.298. The van der Waals surface area contributed by atoms with E-state index >= 15 is 0 Å². The molecule has 3 nitrogen and oxygen atoms in total. The molecule has 0 spiro atoms. The second kappa shape index (κ2) is 5.06. The van der Waals surface area contributed by atoms with Crippen LogP contribution in [0.5, 0.6) is 5.75 Å². The van der Waals surface area contributed by atoms with E-state index in [4.69, 9.17) is 4.74 Å². The van der Waals surface area contributed by atoms with Crippen LogP contribution in [0, 0.1) is 0 Å². The fourth-order valence-corrected chi connectivity index (χ4v) is 2.51. The van der Waals surface area contributed by atoms with Crippen LogP contribution < -0.4 is 4.74 Å². The summed E-state index contributed by atoms with van der Waals surface area (Å²) >= 11 is 1.71. The number of thiophene rings is 1. The maximum atomic E-state index is 5.82. The van der Waals surface area contributed by atoms with Gasteiger partial charge >= 0.3 is 0 Å². The van der Waals surface area contributed by atoms with Crippen molar-refractivity contribution in [3.05, 3.63) is 60.0 Å². The summed E-state index contributed by atoms with van der Waals surface area (Å²) in [5, 5.41) is 2.07. The number of H-pyrrole nitrogens is 1. The van der Waals surface area contributed by atoms with Crippen molar-refractivity contribution in [1.29, 1.82) is 0 Å². The highest BCUT2D eigenvalue weighted by Gasteiger charge is 2.07. The smallest absolute Gasteiger partial charge is 0.146 e. The van der Waals surface area contributed by atoms with Crippen LogP contribution in [-0.4, -0.2) is 9.97 Å². The molecule has 0 amide bonds. The quantitative estimate of drug-likeness (QED) is 0.772. The van der Waals surface area contributed by atoms with Gasteiger partial charge in [0.25, 0.3) is 0 Å². The Hall–Kier alpha value is -2.07. The van der Waals surface area contributed by atoms with Crippen molar-refractivity contribution >= 4 is 11.3 Å². The largest absolute Gasteiger partial charge is 0.485 e. The summed E-state index contributed by atoms with van der Waals surface area (Å²) in [6, 6.07) is 12.2. The molecule has 18 heavy (non-hydrogen) atoms. The Labute approximate surface area is 109 Å². The van der Waals surface area contributed by atoms with Crippen molar-refractivity contribution in [3.8, 4) is 16.2 Å². The third-order valence-electron chi connectivity index (χ3n) is 2.59. The first kappa shape index (κ1) is 11.0. The summed E-state index contributed by atoms with van der Waals surface area (Å²) in [6.45, 7) is 0.454. The number of para-hydroxylation sites is 1. The molecule has 3 rings (SSSR count). The van der Waals surface area contributed by atoms with E-state index in [2.05, 4.69) is 27.5 Å². The molecule has 0 radical (unpaired) electrons. The van der Waals surface area contributed by atoms with Crippen molar-refractivity contribution in [2.45, 2.75) is 6.61 Å². The molecule has 0 atom stereocenters. The molecule has 4 heteroatoms. The second-order valence-corrected chi connectivity index (χ2v) is 4.75. The van der Waals surface area contributed by atoms with Gasteiger partial charge in [0.1, 0.15) is 18.2 Å². The molecule has 0 aliphatic heterocycles. The average Bonchev–Trinajstić information content (AvgIpc) is 3.10. The van der Waals surface area contributed by atoms with Gasteiger partial charge in [0.2, 0.25) is 0 Å². The molecule has 0 aliphatic carbocycles. The molecule has 0 fully saturated rings. The van der Waals surface area contributed by atoms with E-state index in [-0.39, 0.29) is 0 Å². The number of hydrogen-bond acceptors (Lipinski definition) is 3. The minimum Gasteiger partial charge on any atom is -0.485 e. The number of imidazole rings is 1. The Bertz CT molecular complexity index is 603. The fourth-order valence-electron chi connectivity index (χ4n) is 1.75. The zero-order chi connectivity index (χ0) is 12.2. The molecular formula is C14H12N2OS. The topological polar surface area (TPSA) is 37.9 Å². The highest BCUT2D eigenvalue weighted by molar-refractivity contribution is 7.13. The Morgan fingerprint density at radius 2 is 2.11 bits per heavy atom. The van der Waals surface area contributed by atoms with Crippen LogP contribution in [0.25, 0.3) is 10.4 Å². The fraction of sp³-hybridized carbons (Fsp3) is 0.0714. The molecule has 2 aromatic heterocycles. The number of hydrogen-bond donors (Lipinski definition) is 1. The van der Waals surface area contributed by atoms with Gasteiger partial charge in [0, 0.05) is 22.8 Å². The zero-order valence-corrected chi connectivity index (χ0v) is 10.5. The van der Waals surface area contributed by atoms with Crippen LogP contribution >= 0.6 is 11.3 Å². The van der Waals surface area contributed by atoms with Gasteiger partial charge in [-0.2, -0.15) is 0 Å². The van der Waals surface area contributed by atoms with E-state index in [1.165, 1.54) is 4.88 Å². The highest BCUT2D eigenvalue weighted by Crippen LogP contribution is 2.33. The first-order valence-electron chi connectivity index (χ1n) is 5.67. The highest BCUT2D eigenvalue weighted by atomic mass is 32.1. The number of aromatic amines is 1. The molecule has 1 N–H and O–H groups in total. The minimum atomic E-state index is 0.454. The molecule has 0 bridgehead atoms. The molecule has 0 saturated heterocycles. The normalized spacial score (nSPS) is 10.4. The molecule has 1 aromatic carbocycles. The lowest BCUT2D eigenvalue weighted by Crippen LogP contribution is -1.98. The summed E-state index contributed by atoms with van der Waals surface area (Å²) in [5.74, 6) is 1.72. The van der Waals surface area contributed by atoms with Crippen molar-refractivity contribution in [3.63, 3.8) is 0 Å². The Kier molecular flexibility index (Phi) is 3.10. The van der Waals surface area contributed by atoms with Crippen LogP contribution in [0.4, 0.5) is 0 Å². The van der Waals surface area contributed by atoms with Crippen molar-refractivity contribution in [2.24, 2.45) is 0 Å². The third kappa shape index (κ3) is 2.28.